The minimum Gasteiger partial charge on any atom is -0.378 e. The number of nitrogens with zero attached hydrogens (tertiary/aromatic N) is 1. The summed E-state index contributed by atoms with van der Waals surface area (Å²) in [4.78, 5) is 2.51. The van der Waals surface area contributed by atoms with E-state index >= 15 is 0 Å². The lowest BCUT2D eigenvalue weighted by molar-refractivity contribution is -0.0911. The molecule has 1 rings (SSSR count). The molecule has 1 fully saturated rings. The average Bonchev–Trinajstić information content (AvgIpc) is 2.20. The van der Waals surface area contributed by atoms with Crippen molar-refractivity contribution in [1.29, 1.82) is 0 Å². The third kappa shape index (κ3) is 4.36. The van der Waals surface area contributed by atoms with Crippen LogP contribution in [0.4, 0.5) is 0 Å². The molecule has 0 radical (unpaired) electrons. The summed E-state index contributed by atoms with van der Waals surface area (Å²) in [6, 6.07) is 1.42. The van der Waals surface area contributed by atoms with Crippen LogP contribution in [0.5, 0.6) is 0 Å². The van der Waals surface area contributed by atoms with Gasteiger partial charge in [-0.3, -0.25) is 4.90 Å². The Bertz CT molecular complexity index is 245. The van der Waals surface area contributed by atoms with Crippen molar-refractivity contribution in [1.82, 2.24) is 4.90 Å². The lowest BCUT2D eigenvalue weighted by atomic mass is 9.79. The number of hydrogen-bond donors (Lipinski definition) is 0. The molecule has 0 amide bonds. The molecule has 0 aromatic rings. The van der Waals surface area contributed by atoms with Crippen molar-refractivity contribution < 1.29 is 4.74 Å². The zero-order valence-corrected chi connectivity index (χ0v) is 14.7. The second-order valence-electron chi connectivity index (χ2n) is 7.62. The maximum atomic E-state index is 6.15. The first-order chi connectivity index (χ1) is 8.15. The van der Waals surface area contributed by atoms with Crippen molar-refractivity contribution in [2.45, 2.75) is 83.3 Å². The summed E-state index contributed by atoms with van der Waals surface area (Å²) >= 11 is 0. The Morgan fingerprint density at radius 1 is 1.11 bits per heavy atom. The number of ether oxygens (including phenoxy) is 1. The Morgan fingerprint density at radius 2 is 1.61 bits per heavy atom. The summed E-state index contributed by atoms with van der Waals surface area (Å²) in [5.41, 5.74) is 0.498. The summed E-state index contributed by atoms with van der Waals surface area (Å²) in [5, 5.41) is 0. The molecule has 1 aliphatic heterocycles. The fraction of sp³-hybridized carbons (Fsp3) is 1.00. The molecular formula is C15H33NOSi. The van der Waals surface area contributed by atoms with Gasteiger partial charge in [-0.25, -0.2) is 0 Å². The van der Waals surface area contributed by atoms with E-state index in [2.05, 4.69) is 52.7 Å². The summed E-state index contributed by atoms with van der Waals surface area (Å²) in [6.07, 6.45) is 4.02. The Balaban J connectivity index is 2.44. The van der Waals surface area contributed by atoms with E-state index in [1.807, 2.05) is 0 Å². The third-order valence-corrected chi connectivity index (χ3v) is 6.11. The molecule has 0 unspecified atom stereocenters. The fourth-order valence-corrected chi connectivity index (χ4v) is 4.12. The molecule has 1 aliphatic rings. The van der Waals surface area contributed by atoms with Gasteiger partial charge < -0.3 is 4.74 Å². The minimum absolute atomic E-state index is 0.249. The molecule has 1 heterocycles. The average molecular weight is 272 g/mol. The van der Waals surface area contributed by atoms with Crippen molar-refractivity contribution in [2.24, 2.45) is 0 Å². The molecule has 0 aromatic heterocycles. The number of rotatable bonds is 5. The first-order valence-electron chi connectivity index (χ1n) is 7.51. The van der Waals surface area contributed by atoms with Gasteiger partial charge >= 0.3 is 0 Å². The summed E-state index contributed by atoms with van der Waals surface area (Å²) in [5.74, 6) is 0. The molecule has 0 N–H and O–H groups in total. The predicted molar refractivity (Wildman–Crippen MR) is 83.2 cm³/mol. The van der Waals surface area contributed by atoms with Crippen LogP contribution in [0.2, 0.25) is 19.1 Å². The molecular weight excluding hydrogens is 238 g/mol. The molecule has 0 aromatic carbocycles. The molecule has 0 spiro atoms. The summed E-state index contributed by atoms with van der Waals surface area (Å²) < 4.78 is 6.15. The summed E-state index contributed by atoms with van der Waals surface area (Å²) in [7, 11) is 1.86. The minimum atomic E-state index is -0.395. The van der Waals surface area contributed by atoms with Gasteiger partial charge in [-0.15, -0.1) is 0 Å². The molecule has 0 atom stereocenters. The lowest BCUT2D eigenvalue weighted by Gasteiger charge is -2.53. The first-order valence-corrected chi connectivity index (χ1v) is 10.6. The zero-order chi connectivity index (χ0) is 14.0. The number of hydrogen-bond acceptors (Lipinski definition) is 2. The highest BCUT2D eigenvalue weighted by Gasteiger charge is 2.43. The molecule has 2 nitrogen and oxygen atoms in total. The second-order valence-corrected chi connectivity index (χ2v) is 11.0. The van der Waals surface area contributed by atoms with E-state index in [0.29, 0.717) is 6.10 Å². The van der Waals surface area contributed by atoms with E-state index in [1.54, 1.807) is 0 Å². The molecule has 18 heavy (non-hydrogen) atoms. The molecule has 0 aliphatic carbocycles. The van der Waals surface area contributed by atoms with Gasteiger partial charge in [-0.2, -0.15) is 0 Å². The van der Waals surface area contributed by atoms with Crippen molar-refractivity contribution >= 4 is 8.80 Å². The maximum Gasteiger partial charge on any atom is 0.0610 e. The molecule has 0 saturated carbocycles. The van der Waals surface area contributed by atoms with Gasteiger partial charge in [0.05, 0.1) is 6.10 Å². The van der Waals surface area contributed by atoms with Crippen molar-refractivity contribution in [3.8, 4) is 0 Å². The van der Waals surface area contributed by atoms with E-state index in [0.717, 1.165) is 19.4 Å². The van der Waals surface area contributed by atoms with Gasteiger partial charge in [0.2, 0.25) is 0 Å². The number of piperidine rings is 1. The van der Waals surface area contributed by atoms with Crippen LogP contribution < -0.4 is 0 Å². The van der Waals surface area contributed by atoms with E-state index in [4.69, 9.17) is 4.74 Å². The molecule has 108 valence electrons. The highest BCUT2D eigenvalue weighted by Crippen LogP contribution is 2.38. The maximum absolute atomic E-state index is 6.15. The highest BCUT2D eigenvalue weighted by atomic mass is 28.3. The van der Waals surface area contributed by atoms with Gasteiger partial charge in [-0.1, -0.05) is 19.1 Å². The molecule has 0 bridgehead atoms. The molecule has 3 heteroatoms. The lowest BCUT2D eigenvalue weighted by Crippen LogP contribution is -2.60. The van der Waals surface area contributed by atoms with Crippen LogP contribution in [0.1, 0.15) is 47.0 Å². The van der Waals surface area contributed by atoms with Gasteiger partial charge in [0.15, 0.2) is 0 Å². The van der Waals surface area contributed by atoms with Gasteiger partial charge in [0, 0.05) is 26.5 Å². The van der Waals surface area contributed by atoms with Crippen LogP contribution >= 0.6 is 0 Å². The van der Waals surface area contributed by atoms with E-state index in [1.165, 1.54) is 12.5 Å². The van der Waals surface area contributed by atoms with Crippen LogP contribution in [0.15, 0.2) is 0 Å². The fourth-order valence-electron chi connectivity index (χ4n) is 3.14. The highest BCUT2D eigenvalue weighted by molar-refractivity contribution is 6.55. The van der Waals surface area contributed by atoms with Crippen LogP contribution in [0, 0.1) is 0 Å². The standard InChI is InChI=1S/C15H33NOSi/c1-14(2)11-13(12-15(3,4)16(14)5)17-9-8-10-18(6)7/h13,18H,8-12H2,1-7H3. The quantitative estimate of drug-likeness (QED) is 0.560. The van der Waals surface area contributed by atoms with Crippen LogP contribution in [-0.4, -0.2) is 44.5 Å². The topological polar surface area (TPSA) is 12.5 Å². The predicted octanol–water partition coefficient (Wildman–Crippen LogP) is 3.53. The van der Waals surface area contributed by atoms with E-state index in [-0.39, 0.29) is 11.1 Å². The Kier molecular flexibility index (Phi) is 5.45. The first kappa shape index (κ1) is 16.2. The van der Waals surface area contributed by atoms with Gasteiger partial charge in [0.25, 0.3) is 0 Å². The Morgan fingerprint density at radius 3 is 2.06 bits per heavy atom. The summed E-state index contributed by atoms with van der Waals surface area (Å²) in [6.45, 7) is 15.2. The van der Waals surface area contributed by atoms with Crippen LogP contribution in [0.25, 0.3) is 0 Å². The van der Waals surface area contributed by atoms with Crippen LogP contribution in [-0.2, 0) is 4.74 Å². The third-order valence-electron chi connectivity index (χ3n) is 4.55. The number of likely N-dealkylation sites (tertiary alicyclic amines) is 1. The smallest absolute Gasteiger partial charge is 0.0610 e. The monoisotopic (exact) mass is 271 g/mol. The van der Waals surface area contributed by atoms with E-state index < -0.39 is 8.80 Å². The van der Waals surface area contributed by atoms with Crippen molar-refractivity contribution in [2.75, 3.05) is 13.7 Å². The van der Waals surface area contributed by atoms with Gasteiger partial charge in [-0.05, 0) is 54.0 Å². The zero-order valence-electron chi connectivity index (χ0n) is 13.5. The normalized spacial score (nSPS) is 24.7. The Hall–Kier alpha value is 0.137. The van der Waals surface area contributed by atoms with Crippen LogP contribution in [0.3, 0.4) is 0 Å². The van der Waals surface area contributed by atoms with E-state index in [9.17, 15) is 0 Å². The van der Waals surface area contributed by atoms with Crippen molar-refractivity contribution in [3.63, 3.8) is 0 Å². The van der Waals surface area contributed by atoms with Crippen molar-refractivity contribution in [3.05, 3.63) is 0 Å². The largest absolute Gasteiger partial charge is 0.378 e. The molecule has 1 saturated heterocycles. The second kappa shape index (κ2) is 6.06. The van der Waals surface area contributed by atoms with Gasteiger partial charge in [0.1, 0.15) is 0 Å². The SMILES string of the molecule is CN1C(C)(C)CC(OCCC[SiH](C)C)CC1(C)C. The Labute approximate surface area is 116 Å².